The molecule has 2 aliphatic rings. The van der Waals surface area contributed by atoms with Gasteiger partial charge in [0.05, 0.1) is 11.7 Å². The summed E-state index contributed by atoms with van der Waals surface area (Å²) in [5, 5.41) is 0. The van der Waals surface area contributed by atoms with Crippen LogP contribution in [0.3, 0.4) is 0 Å². The van der Waals surface area contributed by atoms with Crippen molar-refractivity contribution in [2.24, 2.45) is 11.1 Å². The Kier molecular flexibility index (Phi) is 2.61. The van der Waals surface area contributed by atoms with Crippen molar-refractivity contribution in [3.05, 3.63) is 0 Å². The molecule has 1 saturated carbocycles. The van der Waals surface area contributed by atoms with Gasteiger partial charge in [-0.15, -0.1) is 0 Å². The highest BCUT2D eigenvalue weighted by molar-refractivity contribution is 4.99. The van der Waals surface area contributed by atoms with E-state index in [9.17, 15) is 0 Å². The molecule has 2 unspecified atom stereocenters. The minimum Gasteiger partial charge on any atom is -0.372 e. The Hall–Kier alpha value is -0.0800. The third kappa shape index (κ3) is 1.96. The van der Waals surface area contributed by atoms with Gasteiger partial charge in [-0.05, 0) is 50.5 Å². The lowest BCUT2D eigenvalue weighted by molar-refractivity contribution is -0.0434. The summed E-state index contributed by atoms with van der Waals surface area (Å²) in [5.74, 6) is 0. The van der Waals surface area contributed by atoms with E-state index in [1.54, 1.807) is 0 Å². The number of nitrogens with two attached hydrogens (primary N) is 1. The molecule has 0 amide bonds. The van der Waals surface area contributed by atoms with Crippen LogP contribution < -0.4 is 5.73 Å². The SMILES string of the molecule is CC1(C)CCC2(CCC(CCN)O2)C1. The molecule has 1 saturated heterocycles. The lowest BCUT2D eigenvalue weighted by Crippen LogP contribution is -2.27. The number of ether oxygens (including phenoxy) is 1. The average Bonchev–Trinajstić information content (AvgIpc) is 2.59. The maximum Gasteiger partial charge on any atom is 0.0692 e. The zero-order valence-electron chi connectivity index (χ0n) is 9.51. The van der Waals surface area contributed by atoms with E-state index in [2.05, 4.69) is 13.8 Å². The summed E-state index contributed by atoms with van der Waals surface area (Å²) in [4.78, 5) is 0. The summed E-state index contributed by atoms with van der Waals surface area (Å²) in [6.07, 6.45) is 7.83. The van der Waals surface area contributed by atoms with Gasteiger partial charge in [0.25, 0.3) is 0 Å². The first kappa shape index (κ1) is 10.4. The van der Waals surface area contributed by atoms with Gasteiger partial charge in [-0.25, -0.2) is 0 Å². The molecule has 0 aromatic rings. The van der Waals surface area contributed by atoms with Crippen LogP contribution in [-0.2, 0) is 4.74 Å². The van der Waals surface area contributed by atoms with Crippen molar-refractivity contribution in [1.82, 2.24) is 0 Å². The number of hydrogen-bond acceptors (Lipinski definition) is 2. The molecule has 2 heteroatoms. The van der Waals surface area contributed by atoms with Crippen LogP contribution in [0.5, 0.6) is 0 Å². The molecule has 0 aromatic heterocycles. The second kappa shape index (κ2) is 3.49. The smallest absolute Gasteiger partial charge is 0.0692 e. The Morgan fingerprint density at radius 2 is 2.07 bits per heavy atom. The van der Waals surface area contributed by atoms with Gasteiger partial charge in [0.15, 0.2) is 0 Å². The van der Waals surface area contributed by atoms with Gasteiger partial charge in [0.2, 0.25) is 0 Å². The normalized spacial score (nSPS) is 40.9. The van der Waals surface area contributed by atoms with Gasteiger partial charge >= 0.3 is 0 Å². The molecule has 2 nitrogen and oxygen atoms in total. The van der Waals surface area contributed by atoms with Gasteiger partial charge in [0, 0.05) is 0 Å². The fourth-order valence-corrected chi connectivity index (χ4v) is 3.21. The molecule has 1 spiro atoms. The molecule has 14 heavy (non-hydrogen) atoms. The Labute approximate surface area is 87.2 Å². The Morgan fingerprint density at radius 3 is 2.64 bits per heavy atom. The van der Waals surface area contributed by atoms with Crippen LogP contribution in [0.4, 0.5) is 0 Å². The lowest BCUT2D eigenvalue weighted by Gasteiger charge is -2.26. The van der Waals surface area contributed by atoms with Crippen LogP contribution >= 0.6 is 0 Å². The summed E-state index contributed by atoms with van der Waals surface area (Å²) in [6.45, 7) is 5.49. The standard InChI is InChI=1S/C12H23NO/c1-11(2)6-7-12(9-11)5-3-10(14-12)4-8-13/h10H,3-9,13H2,1-2H3. The predicted octanol–water partition coefficient (Wildman–Crippen LogP) is 2.46. The number of hydrogen-bond donors (Lipinski definition) is 1. The summed E-state index contributed by atoms with van der Waals surface area (Å²) in [5.41, 5.74) is 6.31. The highest BCUT2D eigenvalue weighted by Gasteiger charge is 2.48. The van der Waals surface area contributed by atoms with Crippen molar-refractivity contribution >= 4 is 0 Å². The van der Waals surface area contributed by atoms with Crippen molar-refractivity contribution < 1.29 is 4.74 Å². The first-order valence-electron chi connectivity index (χ1n) is 5.93. The second-order valence-electron chi connectivity index (χ2n) is 5.88. The van der Waals surface area contributed by atoms with Crippen LogP contribution in [0.15, 0.2) is 0 Å². The van der Waals surface area contributed by atoms with Crippen LogP contribution in [0.25, 0.3) is 0 Å². The minimum atomic E-state index is 0.239. The van der Waals surface area contributed by atoms with Crippen LogP contribution in [0.2, 0.25) is 0 Å². The molecule has 0 aromatic carbocycles. The highest BCUT2D eigenvalue weighted by atomic mass is 16.5. The highest BCUT2D eigenvalue weighted by Crippen LogP contribution is 2.51. The van der Waals surface area contributed by atoms with E-state index in [0.29, 0.717) is 11.5 Å². The minimum absolute atomic E-state index is 0.239. The Balaban J connectivity index is 1.94. The molecular weight excluding hydrogens is 174 g/mol. The number of rotatable bonds is 2. The molecule has 1 aliphatic heterocycles. The molecule has 82 valence electrons. The molecule has 0 radical (unpaired) electrons. The van der Waals surface area contributed by atoms with Gasteiger partial charge in [-0.2, -0.15) is 0 Å². The molecule has 1 heterocycles. The predicted molar refractivity (Wildman–Crippen MR) is 58.1 cm³/mol. The lowest BCUT2D eigenvalue weighted by atomic mass is 9.88. The molecule has 0 bridgehead atoms. The fourth-order valence-electron chi connectivity index (χ4n) is 3.21. The van der Waals surface area contributed by atoms with Gasteiger partial charge in [0.1, 0.15) is 0 Å². The van der Waals surface area contributed by atoms with Crippen LogP contribution in [0.1, 0.15) is 52.4 Å². The van der Waals surface area contributed by atoms with Crippen LogP contribution in [0, 0.1) is 5.41 Å². The van der Waals surface area contributed by atoms with E-state index in [-0.39, 0.29) is 5.60 Å². The average molecular weight is 197 g/mol. The first-order valence-corrected chi connectivity index (χ1v) is 5.93. The largest absolute Gasteiger partial charge is 0.372 e. The summed E-state index contributed by atoms with van der Waals surface area (Å²) < 4.78 is 6.21. The van der Waals surface area contributed by atoms with Crippen molar-refractivity contribution in [2.75, 3.05) is 6.54 Å². The summed E-state index contributed by atoms with van der Waals surface area (Å²) in [7, 11) is 0. The molecule has 2 N–H and O–H groups in total. The van der Waals surface area contributed by atoms with Crippen molar-refractivity contribution in [3.63, 3.8) is 0 Å². The van der Waals surface area contributed by atoms with Crippen molar-refractivity contribution in [1.29, 1.82) is 0 Å². The third-order valence-corrected chi connectivity index (χ3v) is 3.89. The van der Waals surface area contributed by atoms with E-state index in [4.69, 9.17) is 10.5 Å². The molecular formula is C12H23NO. The zero-order chi connectivity index (χ0) is 10.2. The van der Waals surface area contributed by atoms with E-state index in [0.717, 1.165) is 13.0 Å². The monoisotopic (exact) mass is 197 g/mol. The molecule has 2 atom stereocenters. The molecule has 2 fully saturated rings. The van der Waals surface area contributed by atoms with Crippen molar-refractivity contribution in [2.45, 2.75) is 64.1 Å². The second-order valence-corrected chi connectivity index (χ2v) is 5.88. The third-order valence-electron chi connectivity index (χ3n) is 3.89. The zero-order valence-corrected chi connectivity index (χ0v) is 9.51. The van der Waals surface area contributed by atoms with E-state index < -0.39 is 0 Å². The Bertz CT molecular complexity index is 214. The fraction of sp³-hybridized carbons (Fsp3) is 1.00. The maximum atomic E-state index is 6.21. The van der Waals surface area contributed by atoms with E-state index in [1.165, 1.54) is 32.1 Å². The van der Waals surface area contributed by atoms with Crippen LogP contribution in [-0.4, -0.2) is 18.2 Å². The van der Waals surface area contributed by atoms with Gasteiger partial charge in [-0.3, -0.25) is 0 Å². The maximum absolute atomic E-state index is 6.21. The topological polar surface area (TPSA) is 35.2 Å². The summed E-state index contributed by atoms with van der Waals surface area (Å²) >= 11 is 0. The molecule has 1 aliphatic carbocycles. The van der Waals surface area contributed by atoms with E-state index >= 15 is 0 Å². The summed E-state index contributed by atoms with van der Waals surface area (Å²) in [6, 6.07) is 0. The Morgan fingerprint density at radius 1 is 1.29 bits per heavy atom. The van der Waals surface area contributed by atoms with Gasteiger partial charge in [-0.1, -0.05) is 13.8 Å². The van der Waals surface area contributed by atoms with E-state index in [1.807, 2.05) is 0 Å². The quantitative estimate of drug-likeness (QED) is 0.738. The van der Waals surface area contributed by atoms with Crippen molar-refractivity contribution in [3.8, 4) is 0 Å². The first-order chi connectivity index (χ1) is 6.55. The van der Waals surface area contributed by atoms with Gasteiger partial charge < -0.3 is 10.5 Å². The molecule has 2 rings (SSSR count).